The van der Waals surface area contributed by atoms with Gasteiger partial charge in [0.05, 0.1) is 5.39 Å². The fraction of sp³-hybridized carbons (Fsp3) is 0.148. The van der Waals surface area contributed by atoms with Crippen molar-refractivity contribution < 1.29 is 13.9 Å². The summed E-state index contributed by atoms with van der Waals surface area (Å²) in [6.07, 6.45) is 0. The minimum atomic E-state index is -0.755. The van der Waals surface area contributed by atoms with E-state index in [1.54, 1.807) is 0 Å². The minimum absolute atomic E-state index is 0.144. The second-order valence-electron chi connectivity index (χ2n) is 17.7. The molecule has 0 amide bonds. The Bertz CT molecular complexity index is 3380. The zero-order valence-electron chi connectivity index (χ0n) is 33.4. The van der Waals surface area contributed by atoms with Crippen molar-refractivity contribution in [3.8, 4) is 28.6 Å². The van der Waals surface area contributed by atoms with E-state index in [2.05, 4.69) is 204 Å². The molecule has 5 heteroatoms. The van der Waals surface area contributed by atoms with Crippen molar-refractivity contribution in [3.63, 3.8) is 0 Å². The number of fused-ring (bicyclic) bond motifs is 8. The maximum atomic E-state index is 7.20. The van der Waals surface area contributed by atoms with Crippen LogP contribution in [0.25, 0.3) is 39.0 Å². The third kappa shape index (κ3) is 3.54. The summed E-state index contributed by atoms with van der Waals surface area (Å²) in [5, 5.41) is 2.58. The first-order valence-corrected chi connectivity index (χ1v) is 21.0. The summed E-state index contributed by atoms with van der Waals surface area (Å²) in [7, 11) is 0. The molecular formula is C54H40N4O+2. The molecular weight excluding hydrogens is 721 g/mol. The maximum Gasteiger partial charge on any atom is 0.323 e. The number of aromatic nitrogens is 3. The van der Waals surface area contributed by atoms with Crippen molar-refractivity contribution >= 4 is 39.1 Å². The highest BCUT2D eigenvalue weighted by molar-refractivity contribution is 6.10. The molecule has 5 nitrogen and oxygen atoms in total. The Balaban J connectivity index is 1.24. The summed E-state index contributed by atoms with van der Waals surface area (Å²) in [5.41, 5.74) is 17.8. The summed E-state index contributed by atoms with van der Waals surface area (Å²) in [5.74, 6) is 3.30. The van der Waals surface area contributed by atoms with Gasteiger partial charge in [-0.3, -0.25) is 0 Å². The first kappa shape index (κ1) is 32.0. The number of hydrogen-bond acceptors (Lipinski definition) is 2. The quantitative estimate of drug-likeness (QED) is 0.167. The predicted octanol–water partition coefficient (Wildman–Crippen LogP) is 11.8. The Morgan fingerprint density at radius 3 is 2.05 bits per heavy atom. The summed E-state index contributed by atoms with van der Waals surface area (Å²) < 4.78 is 15.2. The highest BCUT2D eigenvalue weighted by Gasteiger charge is 2.71. The van der Waals surface area contributed by atoms with Crippen molar-refractivity contribution in [2.75, 3.05) is 4.90 Å². The van der Waals surface area contributed by atoms with Crippen molar-refractivity contribution in [3.05, 3.63) is 202 Å². The number of anilines is 3. The van der Waals surface area contributed by atoms with Gasteiger partial charge in [0.15, 0.2) is 17.1 Å². The van der Waals surface area contributed by atoms with Crippen LogP contribution in [0.3, 0.4) is 0 Å². The monoisotopic (exact) mass is 760 g/mol. The van der Waals surface area contributed by atoms with Gasteiger partial charge in [0, 0.05) is 39.8 Å². The van der Waals surface area contributed by atoms with E-state index >= 15 is 0 Å². The Morgan fingerprint density at radius 2 is 1.24 bits per heavy atom. The number of hydrogen-bond donors (Lipinski definition) is 0. The van der Waals surface area contributed by atoms with Crippen LogP contribution in [0.5, 0.6) is 11.5 Å². The van der Waals surface area contributed by atoms with Gasteiger partial charge in [-0.2, -0.15) is 18.6 Å². The van der Waals surface area contributed by atoms with Gasteiger partial charge in [0.2, 0.25) is 0 Å². The van der Waals surface area contributed by atoms with Crippen LogP contribution in [0.1, 0.15) is 84.0 Å². The van der Waals surface area contributed by atoms with E-state index in [-0.39, 0.29) is 17.3 Å². The lowest BCUT2D eigenvalue weighted by Crippen LogP contribution is -2.76. The Hall–Kier alpha value is -6.98. The number of pyridine rings is 2. The van der Waals surface area contributed by atoms with Gasteiger partial charge in [-0.05, 0) is 70.8 Å². The van der Waals surface area contributed by atoms with E-state index in [0.717, 1.165) is 11.5 Å². The topological polar surface area (TPSA) is 25.2 Å². The van der Waals surface area contributed by atoms with Gasteiger partial charge in [-0.15, -0.1) is 0 Å². The first-order valence-electron chi connectivity index (χ1n) is 21.0. The molecule has 14 rings (SSSR count). The molecule has 3 aromatic heterocycles. The number of nitrogens with zero attached hydrogens (tertiary/aromatic N) is 4. The van der Waals surface area contributed by atoms with Crippen LogP contribution in [0.4, 0.5) is 17.2 Å². The number of benzene rings is 6. The lowest BCUT2D eigenvalue weighted by Gasteiger charge is -2.46. The largest absolute Gasteiger partial charge is 0.456 e. The standard InChI is InChI=1S/C54H40N4O/c1-31(33-16-7-5-8-17-33)35-28-43-44-30-37(32(2)34-18-9-6-10-19-34)48-36-20-11-13-22-40(36)55-42-24-15-25-45-49(42)54(58(44)52(48)55)50-46(59-45)27-26-39-51(50)56(47(29-35)57(43)54)41-23-14-12-21-38(41)53(39,3)4/h5-32H,1-4H3/q+2. The molecule has 280 valence electrons. The molecule has 0 fully saturated rings. The molecule has 9 aromatic rings. The highest BCUT2D eigenvalue weighted by atomic mass is 16.5. The second kappa shape index (κ2) is 10.5. The molecule has 5 aliphatic heterocycles. The normalized spacial score (nSPS) is 18.3. The molecule has 3 unspecified atom stereocenters. The second-order valence-corrected chi connectivity index (χ2v) is 17.7. The van der Waals surface area contributed by atoms with Crippen molar-refractivity contribution in [2.45, 2.75) is 50.6 Å². The fourth-order valence-electron chi connectivity index (χ4n) is 12.0. The SMILES string of the molecule is CC(c1ccccc1)c1cc2[n+]3c(c1)N1c4ccccc4C(C)(C)c4ccc5c(c41)C31c3c(cccc3-n3c4ccccc4c4c(C(C)c6ccccc6)cc-2[n+]1c43)O5. The van der Waals surface area contributed by atoms with Crippen molar-refractivity contribution in [2.24, 2.45) is 0 Å². The third-order valence-electron chi connectivity index (χ3n) is 14.7. The van der Waals surface area contributed by atoms with Gasteiger partial charge in [0.1, 0.15) is 39.5 Å². The summed E-state index contributed by atoms with van der Waals surface area (Å²) in [6, 6.07) is 59.0. The summed E-state index contributed by atoms with van der Waals surface area (Å²) >= 11 is 0. The molecule has 59 heavy (non-hydrogen) atoms. The molecule has 0 saturated carbocycles. The summed E-state index contributed by atoms with van der Waals surface area (Å²) in [6.45, 7) is 9.55. The molecule has 0 radical (unpaired) electrons. The van der Waals surface area contributed by atoms with Crippen LogP contribution < -0.4 is 18.8 Å². The maximum absolute atomic E-state index is 7.20. The number of ether oxygens (including phenoxy) is 1. The molecule has 8 heterocycles. The predicted molar refractivity (Wildman–Crippen MR) is 233 cm³/mol. The molecule has 0 aliphatic carbocycles. The first-order chi connectivity index (χ1) is 28.9. The van der Waals surface area contributed by atoms with Crippen LogP contribution in [-0.4, -0.2) is 4.57 Å². The van der Waals surface area contributed by atoms with Crippen LogP contribution in [-0.2, 0) is 11.1 Å². The lowest BCUT2D eigenvalue weighted by molar-refractivity contribution is -0.925. The molecule has 5 aliphatic rings. The molecule has 3 atom stereocenters. The van der Waals surface area contributed by atoms with E-state index in [0.29, 0.717) is 0 Å². The smallest absolute Gasteiger partial charge is 0.323 e. The van der Waals surface area contributed by atoms with Crippen molar-refractivity contribution in [1.82, 2.24) is 4.57 Å². The Kier molecular flexibility index (Phi) is 5.73. The van der Waals surface area contributed by atoms with Gasteiger partial charge in [-0.25, -0.2) is 0 Å². The average Bonchev–Trinajstić information content (AvgIpc) is 3.77. The van der Waals surface area contributed by atoms with Crippen molar-refractivity contribution in [1.29, 1.82) is 0 Å². The van der Waals surface area contributed by atoms with E-state index < -0.39 is 5.66 Å². The van der Waals surface area contributed by atoms with E-state index in [1.165, 1.54) is 101 Å². The average molecular weight is 761 g/mol. The van der Waals surface area contributed by atoms with E-state index in [4.69, 9.17) is 4.74 Å². The van der Waals surface area contributed by atoms with Crippen LogP contribution >= 0.6 is 0 Å². The van der Waals surface area contributed by atoms with Crippen LogP contribution in [0.15, 0.2) is 158 Å². The molecule has 0 N–H and O–H groups in total. The fourth-order valence-corrected chi connectivity index (χ4v) is 12.0. The third-order valence-corrected chi connectivity index (χ3v) is 14.7. The Labute approximate surface area is 342 Å². The van der Waals surface area contributed by atoms with Gasteiger partial charge in [0.25, 0.3) is 11.5 Å². The summed E-state index contributed by atoms with van der Waals surface area (Å²) in [4.78, 5) is 2.59. The zero-order chi connectivity index (χ0) is 39.1. The number of para-hydroxylation sites is 2. The van der Waals surface area contributed by atoms with Crippen LogP contribution in [0.2, 0.25) is 0 Å². The zero-order valence-corrected chi connectivity index (χ0v) is 33.4. The molecule has 6 aromatic carbocycles. The highest BCUT2D eigenvalue weighted by Crippen LogP contribution is 2.64. The van der Waals surface area contributed by atoms with E-state index in [9.17, 15) is 0 Å². The van der Waals surface area contributed by atoms with Gasteiger partial charge < -0.3 is 4.74 Å². The number of rotatable bonds is 4. The van der Waals surface area contributed by atoms with Gasteiger partial charge in [-0.1, -0.05) is 131 Å². The van der Waals surface area contributed by atoms with Gasteiger partial charge >= 0.3 is 5.66 Å². The van der Waals surface area contributed by atoms with Crippen LogP contribution in [0, 0.1) is 0 Å². The minimum Gasteiger partial charge on any atom is -0.456 e. The molecule has 0 saturated heterocycles. The lowest BCUT2D eigenvalue weighted by atomic mass is 9.70. The molecule has 1 spiro atoms. The molecule has 0 bridgehead atoms. The van der Waals surface area contributed by atoms with E-state index in [1.807, 2.05) is 0 Å². The Morgan fingerprint density at radius 1 is 0.559 bits per heavy atom.